The third-order valence-electron chi connectivity index (χ3n) is 3.82. The maximum absolute atomic E-state index is 13.8. The molecule has 0 saturated heterocycles. The zero-order valence-electron chi connectivity index (χ0n) is 14.2. The lowest BCUT2D eigenvalue weighted by Gasteiger charge is -2.14. The normalized spacial score (nSPS) is 11.7. The molecule has 1 aromatic heterocycles. The average molecular weight is 372 g/mol. The van der Waals surface area contributed by atoms with E-state index in [2.05, 4.69) is 20.6 Å². The Hall–Kier alpha value is -3.42. The molecule has 0 saturated carbocycles. The van der Waals surface area contributed by atoms with E-state index in [9.17, 15) is 18.0 Å². The second kappa shape index (κ2) is 7.86. The van der Waals surface area contributed by atoms with Crippen molar-refractivity contribution >= 4 is 17.5 Å². The van der Waals surface area contributed by atoms with Gasteiger partial charge in [-0.3, -0.25) is 4.79 Å². The van der Waals surface area contributed by atoms with Crippen LogP contribution >= 0.6 is 0 Å². The van der Waals surface area contributed by atoms with Crippen LogP contribution in [0.3, 0.4) is 0 Å². The third kappa shape index (κ3) is 4.22. The molecule has 1 amide bonds. The first kappa shape index (κ1) is 18.4. The lowest BCUT2D eigenvalue weighted by Crippen LogP contribution is -2.27. The van der Waals surface area contributed by atoms with Gasteiger partial charge in [-0.15, -0.1) is 0 Å². The highest BCUT2D eigenvalue weighted by Gasteiger charge is 2.16. The summed E-state index contributed by atoms with van der Waals surface area (Å²) in [6, 6.07) is 12.3. The Morgan fingerprint density at radius 2 is 1.74 bits per heavy atom. The molecule has 3 aromatic rings. The maximum Gasteiger partial charge on any atom is 0.270 e. The molecule has 1 unspecified atom stereocenters. The number of aromatic nitrogens is 2. The highest BCUT2D eigenvalue weighted by molar-refractivity contribution is 5.92. The second-order valence-electron chi connectivity index (χ2n) is 5.72. The summed E-state index contributed by atoms with van der Waals surface area (Å²) in [5.41, 5.74) is 0.615. The molecule has 1 heterocycles. The van der Waals surface area contributed by atoms with Gasteiger partial charge in [0.05, 0.1) is 11.7 Å². The minimum Gasteiger partial charge on any atom is -0.344 e. The molecule has 0 aliphatic carbocycles. The fraction of sp³-hybridized carbons (Fsp3) is 0.105. The van der Waals surface area contributed by atoms with Crippen molar-refractivity contribution in [1.29, 1.82) is 0 Å². The lowest BCUT2D eigenvalue weighted by atomic mass is 10.1. The summed E-state index contributed by atoms with van der Waals surface area (Å²) in [5, 5.41) is 5.23. The van der Waals surface area contributed by atoms with Crippen molar-refractivity contribution in [1.82, 2.24) is 15.3 Å². The van der Waals surface area contributed by atoms with Crippen molar-refractivity contribution in [2.75, 3.05) is 5.32 Å². The number of carbonyl (C=O) groups is 1. The molecule has 138 valence electrons. The first-order valence-corrected chi connectivity index (χ1v) is 8.05. The molecular formula is C19H15F3N4O. The second-order valence-corrected chi connectivity index (χ2v) is 5.72. The number of anilines is 2. The number of rotatable bonds is 5. The van der Waals surface area contributed by atoms with E-state index < -0.39 is 23.4 Å². The largest absolute Gasteiger partial charge is 0.344 e. The van der Waals surface area contributed by atoms with E-state index in [1.807, 2.05) is 37.3 Å². The molecule has 0 bridgehead atoms. The lowest BCUT2D eigenvalue weighted by molar-refractivity contribution is 0.0935. The quantitative estimate of drug-likeness (QED) is 0.661. The van der Waals surface area contributed by atoms with Crippen LogP contribution in [0.5, 0.6) is 0 Å². The van der Waals surface area contributed by atoms with E-state index in [4.69, 9.17) is 0 Å². The fourth-order valence-corrected chi connectivity index (χ4v) is 2.38. The number of carbonyl (C=O) groups excluding carboxylic acids is 1. The first-order chi connectivity index (χ1) is 13.0. The van der Waals surface area contributed by atoms with E-state index >= 15 is 0 Å². The van der Waals surface area contributed by atoms with Gasteiger partial charge in [-0.05, 0) is 30.7 Å². The monoisotopic (exact) mass is 372 g/mol. The summed E-state index contributed by atoms with van der Waals surface area (Å²) in [7, 11) is 0. The maximum atomic E-state index is 13.8. The van der Waals surface area contributed by atoms with E-state index in [-0.39, 0.29) is 23.4 Å². The number of hydrogen-bond donors (Lipinski definition) is 2. The van der Waals surface area contributed by atoms with Crippen molar-refractivity contribution in [2.24, 2.45) is 0 Å². The van der Waals surface area contributed by atoms with Crippen LogP contribution in [0, 0.1) is 17.5 Å². The predicted molar refractivity (Wildman–Crippen MR) is 94.0 cm³/mol. The van der Waals surface area contributed by atoms with Crippen molar-refractivity contribution in [3.05, 3.63) is 83.4 Å². The van der Waals surface area contributed by atoms with Crippen LogP contribution in [-0.2, 0) is 0 Å². The van der Waals surface area contributed by atoms with Crippen molar-refractivity contribution in [3.8, 4) is 0 Å². The Morgan fingerprint density at radius 1 is 1.00 bits per heavy atom. The summed E-state index contributed by atoms with van der Waals surface area (Å²) < 4.78 is 40.1. The molecule has 8 heteroatoms. The van der Waals surface area contributed by atoms with Gasteiger partial charge in [0.1, 0.15) is 5.69 Å². The van der Waals surface area contributed by atoms with Crippen molar-refractivity contribution in [2.45, 2.75) is 13.0 Å². The van der Waals surface area contributed by atoms with Gasteiger partial charge in [0.2, 0.25) is 5.95 Å². The molecule has 1 atom stereocenters. The van der Waals surface area contributed by atoms with Gasteiger partial charge in [-0.2, -0.15) is 0 Å². The Kier molecular flexibility index (Phi) is 5.35. The minimum absolute atomic E-state index is 0.0401. The molecule has 5 nitrogen and oxygen atoms in total. The van der Waals surface area contributed by atoms with E-state index in [1.54, 1.807) is 0 Å². The smallest absolute Gasteiger partial charge is 0.270 e. The summed E-state index contributed by atoms with van der Waals surface area (Å²) >= 11 is 0. The molecule has 0 radical (unpaired) electrons. The zero-order chi connectivity index (χ0) is 19.4. The van der Waals surface area contributed by atoms with E-state index in [0.717, 1.165) is 17.7 Å². The number of nitrogens with one attached hydrogen (secondary N) is 2. The Morgan fingerprint density at radius 3 is 2.48 bits per heavy atom. The summed E-state index contributed by atoms with van der Waals surface area (Å²) in [4.78, 5) is 20.2. The molecule has 0 spiro atoms. The first-order valence-electron chi connectivity index (χ1n) is 8.05. The van der Waals surface area contributed by atoms with Crippen molar-refractivity contribution < 1.29 is 18.0 Å². The SMILES string of the molecule is CC(NC(=O)c1ccnc(Nc2ccc(F)c(F)c2F)n1)c1ccccc1. The van der Waals surface area contributed by atoms with Gasteiger partial charge in [0.15, 0.2) is 17.5 Å². The van der Waals surface area contributed by atoms with Gasteiger partial charge in [-0.1, -0.05) is 30.3 Å². The van der Waals surface area contributed by atoms with Crippen LogP contribution in [0.2, 0.25) is 0 Å². The Bertz CT molecular complexity index is 966. The molecule has 2 N–H and O–H groups in total. The van der Waals surface area contributed by atoms with E-state index in [1.165, 1.54) is 12.3 Å². The standard InChI is InChI=1S/C19H15F3N4O/c1-11(12-5-3-2-4-6-12)24-18(27)15-9-10-23-19(26-15)25-14-8-7-13(20)16(21)17(14)22/h2-11H,1H3,(H,24,27)(H,23,25,26). The van der Waals surface area contributed by atoms with Crippen LogP contribution in [0.15, 0.2) is 54.7 Å². The summed E-state index contributed by atoms with van der Waals surface area (Å²) in [5.74, 6) is -4.89. The number of nitrogens with zero attached hydrogens (tertiary/aromatic N) is 2. The topological polar surface area (TPSA) is 66.9 Å². The highest BCUT2D eigenvalue weighted by atomic mass is 19.2. The van der Waals surface area contributed by atoms with Crippen LogP contribution in [-0.4, -0.2) is 15.9 Å². The summed E-state index contributed by atoms with van der Waals surface area (Å²) in [6.07, 6.45) is 1.30. The number of halogens is 3. The molecule has 0 aliphatic heterocycles. The number of benzene rings is 2. The molecular weight excluding hydrogens is 357 g/mol. The number of hydrogen-bond acceptors (Lipinski definition) is 4. The third-order valence-corrected chi connectivity index (χ3v) is 3.82. The van der Waals surface area contributed by atoms with Crippen LogP contribution in [0.25, 0.3) is 0 Å². The molecule has 0 aliphatic rings. The zero-order valence-corrected chi connectivity index (χ0v) is 14.2. The predicted octanol–water partition coefficient (Wildman–Crippen LogP) is 4.13. The van der Waals surface area contributed by atoms with Crippen LogP contribution in [0.4, 0.5) is 24.8 Å². The number of amides is 1. The van der Waals surface area contributed by atoms with E-state index in [0.29, 0.717) is 0 Å². The summed E-state index contributed by atoms with van der Waals surface area (Å²) in [6.45, 7) is 1.82. The van der Waals surface area contributed by atoms with Gasteiger partial charge < -0.3 is 10.6 Å². The molecule has 2 aromatic carbocycles. The van der Waals surface area contributed by atoms with Gasteiger partial charge in [0.25, 0.3) is 5.91 Å². The minimum atomic E-state index is -1.61. The fourth-order valence-electron chi connectivity index (χ4n) is 2.38. The average Bonchev–Trinajstić information content (AvgIpc) is 2.69. The Labute approximate surface area is 153 Å². The van der Waals surface area contributed by atoms with Crippen LogP contribution < -0.4 is 10.6 Å². The van der Waals surface area contributed by atoms with Crippen LogP contribution in [0.1, 0.15) is 29.0 Å². The Balaban J connectivity index is 1.75. The molecule has 27 heavy (non-hydrogen) atoms. The van der Waals surface area contributed by atoms with Crippen molar-refractivity contribution in [3.63, 3.8) is 0 Å². The van der Waals surface area contributed by atoms with Gasteiger partial charge in [-0.25, -0.2) is 23.1 Å². The van der Waals surface area contributed by atoms with Gasteiger partial charge in [0, 0.05) is 6.20 Å². The highest BCUT2D eigenvalue weighted by Crippen LogP contribution is 2.22. The molecule has 3 rings (SSSR count). The molecule has 0 fully saturated rings. The van der Waals surface area contributed by atoms with Gasteiger partial charge >= 0.3 is 0 Å².